The van der Waals surface area contributed by atoms with E-state index in [0.29, 0.717) is 5.95 Å². The maximum absolute atomic E-state index is 5.57. The first-order valence-electron chi connectivity index (χ1n) is 26.3. The van der Waals surface area contributed by atoms with E-state index in [1.807, 2.05) is 0 Å². The number of nitrogens with zero attached hydrogens (tertiary/aromatic N) is 5. The van der Waals surface area contributed by atoms with Crippen molar-refractivity contribution in [3.05, 3.63) is 273 Å². The van der Waals surface area contributed by atoms with Gasteiger partial charge in [0.15, 0.2) is 0 Å². The summed E-state index contributed by atoms with van der Waals surface area (Å²) < 4.78 is 7.21. The van der Waals surface area contributed by atoms with Crippen LogP contribution >= 0.6 is 0 Å². The largest absolute Gasteiger partial charge is 0.309 e. The first-order valence-corrected chi connectivity index (χ1v) is 26.3. The van der Waals surface area contributed by atoms with E-state index in [9.17, 15) is 0 Å². The zero-order valence-corrected chi connectivity index (χ0v) is 41.7. The van der Waals surface area contributed by atoms with E-state index < -0.39 is 0 Å². The third-order valence-corrected chi connectivity index (χ3v) is 15.8. The minimum absolute atomic E-state index is 0.616. The summed E-state index contributed by atoms with van der Waals surface area (Å²) in [5.41, 5.74) is 17.4. The molecule has 0 aliphatic rings. The Hall–Kier alpha value is -10.4. The van der Waals surface area contributed by atoms with E-state index in [4.69, 9.17) is 9.97 Å². The normalized spacial score (nSPS) is 11.9. The smallest absolute Gasteiger partial charge is 0.235 e. The van der Waals surface area contributed by atoms with Gasteiger partial charge in [-0.3, -0.25) is 4.57 Å². The third kappa shape index (κ3) is 6.74. The van der Waals surface area contributed by atoms with E-state index in [1.54, 1.807) is 0 Å². The summed E-state index contributed by atoms with van der Waals surface area (Å²) >= 11 is 0. The molecule has 0 saturated heterocycles. The maximum Gasteiger partial charge on any atom is 0.235 e. The van der Waals surface area contributed by atoms with Crippen LogP contribution in [-0.4, -0.2) is 23.7 Å². The van der Waals surface area contributed by atoms with Gasteiger partial charge in [0, 0.05) is 54.8 Å². The summed E-state index contributed by atoms with van der Waals surface area (Å²) in [7, 11) is 0. The number of hydrogen-bond donors (Lipinski definition) is 0. The molecular weight excluding hydrogens is 935 g/mol. The minimum Gasteiger partial charge on any atom is -0.309 e. The second kappa shape index (κ2) is 17.1. The molecule has 0 spiro atoms. The van der Waals surface area contributed by atoms with E-state index in [1.165, 1.54) is 54.6 Å². The Balaban J connectivity index is 0.947. The van der Waals surface area contributed by atoms with Crippen molar-refractivity contribution in [1.29, 1.82) is 0 Å². The van der Waals surface area contributed by atoms with Crippen molar-refractivity contribution in [2.45, 2.75) is 0 Å². The lowest BCUT2D eigenvalue weighted by molar-refractivity contribution is 0.995. The van der Waals surface area contributed by atoms with E-state index >= 15 is 0 Å². The zero-order valence-electron chi connectivity index (χ0n) is 41.7. The summed E-state index contributed by atoms with van der Waals surface area (Å²) in [5, 5.41) is 11.8. The Morgan fingerprint density at radius 1 is 0.234 bits per heavy atom. The average molecular weight is 980 g/mol. The predicted octanol–water partition coefficient (Wildman–Crippen LogP) is 18.7. The molecule has 0 N–H and O–H groups in total. The van der Waals surface area contributed by atoms with Gasteiger partial charge in [-0.25, -0.2) is 9.97 Å². The van der Waals surface area contributed by atoms with Gasteiger partial charge in [-0.05, 0) is 111 Å². The lowest BCUT2D eigenvalue weighted by atomic mass is 9.98. The molecule has 4 heterocycles. The van der Waals surface area contributed by atoms with Gasteiger partial charge in [-0.1, -0.05) is 206 Å². The average Bonchev–Trinajstić information content (AvgIpc) is 4.16. The van der Waals surface area contributed by atoms with Gasteiger partial charge in [0.2, 0.25) is 5.95 Å². The summed E-state index contributed by atoms with van der Waals surface area (Å²) in [5.74, 6) is 0.616. The lowest BCUT2D eigenvalue weighted by Crippen LogP contribution is -2.04. The Kier molecular flexibility index (Phi) is 9.57. The summed E-state index contributed by atoms with van der Waals surface area (Å²) in [6.07, 6.45) is 0. The van der Waals surface area contributed by atoms with Gasteiger partial charge < -0.3 is 9.13 Å². The van der Waals surface area contributed by atoms with Crippen LogP contribution in [0.1, 0.15) is 0 Å². The van der Waals surface area contributed by atoms with Gasteiger partial charge in [0.25, 0.3) is 0 Å². The highest BCUT2D eigenvalue weighted by molar-refractivity contribution is 6.29. The molecule has 12 aromatic carbocycles. The van der Waals surface area contributed by atoms with Crippen LogP contribution in [0.25, 0.3) is 149 Å². The fourth-order valence-corrected chi connectivity index (χ4v) is 12.4. The van der Waals surface area contributed by atoms with Crippen molar-refractivity contribution in [3.8, 4) is 62.1 Å². The highest BCUT2D eigenvalue weighted by Gasteiger charge is 2.24. The Morgan fingerprint density at radius 2 is 0.662 bits per heavy atom. The van der Waals surface area contributed by atoms with Crippen molar-refractivity contribution >= 4 is 87.0 Å². The van der Waals surface area contributed by atoms with Crippen molar-refractivity contribution < 1.29 is 0 Å². The molecule has 16 rings (SSSR count). The van der Waals surface area contributed by atoms with Crippen LogP contribution in [0.3, 0.4) is 0 Å². The first kappa shape index (κ1) is 43.1. The Morgan fingerprint density at radius 3 is 1.21 bits per heavy atom. The molecule has 5 nitrogen and oxygen atoms in total. The second-order valence-corrected chi connectivity index (χ2v) is 20.1. The van der Waals surface area contributed by atoms with E-state index in [-0.39, 0.29) is 0 Å². The standard InChI is InChI=1S/C72H45N5/c1-3-19-46(20-4-1)50-41-51(47-21-5-2-6-22-47)43-53(42-50)76-66-36-16-13-31-61(66)71-68(76)40-39-67-70(71)60-30-12-15-35-65(60)75(67)52-37-38-59-58-29-11-14-34-64(58)77(69(59)44-52)72-73-62(56-32-17-25-48-23-7-9-27-54(48)56)45-63(74-72)57-33-18-26-49-24-8-10-28-55(49)57/h1-45H. The molecule has 358 valence electrons. The Bertz CT molecular complexity index is 4880. The van der Waals surface area contributed by atoms with E-state index in [0.717, 1.165) is 88.5 Å². The van der Waals surface area contributed by atoms with Crippen LogP contribution < -0.4 is 0 Å². The van der Waals surface area contributed by atoms with Crippen molar-refractivity contribution in [1.82, 2.24) is 23.7 Å². The third-order valence-electron chi connectivity index (χ3n) is 15.8. The zero-order chi connectivity index (χ0) is 50.6. The number of benzene rings is 12. The van der Waals surface area contributed by atoms with Gasteiger partial charge >= 0.3 is 0 Å². The highest BCUT2D eigenvalue weighted by atomic mass is 15.2. The quantitative estimate of drug-likeness (QED) is 0.160. The molecule has 0 atom stereocenters. The van der Waals surface area contributed by atoms with Crippen molar-refractivity contribution in [2.24, 2.45) is 0 Å². The molecule has 0 amide bonds. The van der Waals surface area contributed by atoms with E-state index in [2.05, 4.69) is 287 Å². The van der Waals surface area contributed by atoms with Crippen LogP contribution in [0.15, 0.2) is 273 Å². The molecule has 16 aromatic rings. The van der Waals surface area contributed by atoms with Gasteiger partial charge in [0.05, 0.1) is 44.5 Å². The topological polar surface area (TPSA) is 40.6 Å². The SMILES string of the molecule is c1ccc(-c2cc(-c3ccccc3)cc(-n3c4ccccc4c4c5c6ccccc6n(-c6ccc7c8ccccc8n(-c8nc(-c9cccc%10ccccc9%10)cc(-c9cccc%10ccccc9%10)n8)c7c6)c5ccc43)c2)cc1. The molecule has 0 fully saturated rings. The van der Waals surface area contributed by atoms with Crippen molar-refractivity contribution in [3.63, 3.8) is 0 Å². The molecule has 4 aromatic heterocycles. The monoisotopic (exact) mass is 979 g/mol. The molecule has 0 radical (unpaired) electrons. The number of fused-ring (bicyclic) bond motifs is 12. The molecule has 0 aliphatic heterocycles. The Labute approximate surface area is 443 Å². The lowest BCUT2D eigenvalue weighted by Gasteiger charge is -2.15. The summed E-state index contributed by atoms with van der Waals surface area (Å²) in [4.78, 5) is 11.1. The molecule has 0 aliphatic carbocycles. The molecule has 77 heavy (non-hydrogen) atoms. The first-order chi connectivity index (χ1) is 38.2. The number of hydrogen-bond acceptors (Lipinski definition) is 2. The summed E-state index contributed by atoms with van der Waals surface area (Å²) in [6, 6.07) is 98.8. The summed E-state index contributed by atoms with van der Waals surface area (Å²) in [6.45, 7) is 0. The predicted molar refractivity (Wildman–Crippen MR) is 322 cm³/mol. The fourth-order valence-electron chi connectivity index (χ4n) is 12.4. The van der Waals surface area contributed by atoms with Crippen LogP contribution in [-0.2, 0) is 0 Å². The van der Waals surface area contributed by atoms with Gasteiger partial charge in [-0.15, -0.1) is 0 Å². The fraction of sp³-hybridized carbons (Fsp3) is 0. The number of aromatic nitrogens is 5. The second-order valence-electron chi connectivity index (χ2n) is 20.1. The molecule has 0 saturated carbocycles. The van der Waals surface area contributed by atoms with Crippen LogP contribution in [0, 0.1) is 0 Å². The van der Waals surface area contributed by atoms with Crippen molar-refractivity contribution in [2.75, 3.05) is 0 Å². The molecule has 5 heteroatoms. The maximum atomic E-state index is 5.57. The number of para-hydroxylation sites is 3. The molecular formula is C72H45N5. The van der Waals surface area contributed by atoms with Gasteiger partial charge in [0.1, 0.15) is 0 Å². The molecule has 0 bridgehead atoms. The number of rotatable bonds is 7. The highest BCUT2D eigenvalue weighted by Crippen LogP contribution is 2.45. The van der Waals surface area contributed by atoms with Crippen LogP contribution in [0.4, 0.5) is 0 Å². The van der Waals surface area contributed by atoms with Crippen LogP contribution in [0.5, 0.6) is 0 Å². The minimum atomic E-state index is 0.616. The van der Waals surface area contributed by atoms with Gasteiger partial charge in [-0.2, -0.15) is 0 Å². The molecule has 0 unspecified atom stereocenters. The van der Waals surface area contributed by atoms with Crippen LogP contribution in [0.2, 0.25) is 0 Å².